The van der Waals surface area contributed by atoms with E-state index in [2.05, 4.69) is 14.8 Å². The quantitative estimate of drug-likeness (QED) is 0.415. The van der Waals surface area contributed by atoms with E-state index in [0.717, 1.165) is 30.4 Å². The molecule has 1 N–H and O–H groups in total. The third-order valence-electron chi connectivity index (χ3n) is 5.04. The first kappa shape index (κ1) is 20.9. The zero-order valence-corrected chi connectivity index (χ0v) is 17.0. The largest absolute Gasteiger partial charge is 0.493 e. The van der Waals surface area contributed by atoms with Crippen LogP contribution >= 0.6 is 0 Å². The SMILES string of the molecule is COc1ccccc1Oc1ccc(N2CC[C@H](Oc3ccc(F)cn3)C2)c(COO)c1. The fraction of sp³-hybridized carbons (Fsp3) is 0.261. The summed E-state index contributed by atoms with van der Waals surface area (Å²) in [6.45, 7) is 1.40. The first-order chi connectivity index (χ1) is 15.2. The smallest absolute Gasteiger partial charge is 0.213 e. The molecule has 1 aromatic heterocycles. The molecule has 162 valence electrons. The molecule has 0 saturated carbocycles. The van der Waals surface area contributed by atoms with Crippen LogP contribution in [0.2, 0.25) is 0 Å². The maximum atomic E-state index is 13.0. The van der Waals surface area contributed by atoms with Crippen molar-refractivity contribution in [3.8, 4) is 23.1 Å². The van der Waals surface area contributed by atoms with Crippen molar-refractivity contribution in [1.82, 2.24) is 4.98 Å². The van der Waals surface area contributed by atoms with Crippen molar-refractivity contribution in [2.45, 2.75) is 19.1 Å². The van der Waals surface area contributed by atoms with Crippen molar-refractivity contribution in [3.05, 3.63) is 72.2 Å². The molecule has 4 rings (SSSR count). The highest BCUT2D eigenvalue weighted by atomic mass is 19.1. The van der Waals surface area contributed by atoms with Crippen LogP contribution in [0.5, 0.6) is 23.1 Å². The second kappa shape index (κ2) is 9.63. The molecule has 0 radical (unpaired) electrons. The summed E-state index contributed by atoms with van der Waals surface area (Å²) in [5.74, 6) is 1.82. The molecule has 8 heteroatoms. The van der Waals surface area contributed by atoms with Gasteiger partial charge in [0, 0.05) is 30.3 Å². The lowest BCUT2D eigenvalue weighted by molar-refractivity contribution is -0.252. The first-order valence-electron chi connectivity index (χ1n) is 9.89. The van der Waals surface area contributed by atoms with Crippen molar-refractivity contribution < 1.29 is 28.7 Å². The number of hydrogen-bond donors (Lipinski definition) is 1. The maximum Gasteiger partial charge on any atom is 0.213 e. The normalized spacial score (nSPS) is 15.7. The molecule has 3 aromatic rings. The standard InChI is InChI=1S/C23H23FN2O5/c1-28-21-4-2-3-5-22(21)30-18-7-8-20(16(12-18)15-29-27)26-11-10-19(14-26)31-23-9-6-17(24)13-25-23/h2-9,12-13,19,27H,10-11,14-15H2,1H3/t19-/m0/s1. The van der Waals surface area contributed by atoms with Crippen LogP contribution in [-0.4, -0.2) is 36.5 Å². The Morgan fingerprint density at radius 2 is 1.97 bits per heavy atom. The van der Waals surface area contributed by atoms with Gasteiger partial charge in [-0.3, -0.25) is 5.26 Å². The number of ether oxygens (including phenoxy) is 3. The highest BCUT2D eigenvalue weighted by Crippen LogP contribution is 2.35. The molecule has 7 nitrogen and oxygen atoms in total. The third kappa shape index (κ3) is 5.04. The van der Waals surface area contributed by atoms with Crippen LogP contribution < -0.4 is 19.1 Å². The summed E-state index contributed by atoms with van der Waals surface area (Å²) in [4.78, 5) is 10.5. The Balaban J connectivity index is 1.48. The second-order valence-corrected chi connectivity index (χ2v) is 7.11. The van der Waals surface area contributed by atoms with Crippen molar-refractivity contribution in [2.75, 3.05) is 25.1 Å². The number of methoxy groups -OCH3 is 1. The topological polar surface area (TPSA) is 73.3 Å². The monoisotopic (exact) mass is 426 g/mol. The van der Waals surface area contributed by atoms with Gasteiger partial charge in [-0.2, -0.15) is 0 Å². The summed E-state index contributed by atoms with van der Waals surface area (Å²) in [6, 6.07) is 15.8. The van der Waals surface area contributed by atoms with Gasteiger partial charge in [-0.15, -0.1) is 0 Å². The van der Waals surface area contributed by atoms with Gasteiger partial charge in [-0.1, -0.05) is 12.1 Å². The van der Waals surface area contributed by atoms with Gasteiger partial charge < -0.3 is 19.1 Å². The number of aromatic nitrogens is 1. The van der Waals surface area contributed by atoms with Gasteiger partial charge in [0.2, 0.25) is 5.88 Å². The maximum absolute atomic E-state index is 13.0. The zero-order valence-electron chi connectivity index (χ0n) is 17.0. The first-order valence-corrected chi connectivity index (χ1v) is 9.89. The number of para-hydroxylation sites is 2. The van der Waals surface area contributed by atoms with Gasteiger partial charge in [0.15, 0.2) is 11.5 Å². The number of pyridine rings is 1. The van der Waals surface area contributed by atoms with Crippen LogP contribution in [0.3, 0.4) is 0 Å². The summed E-state index contributed by atoms with van der Waals surface area (Å²) >= 11 is 0. The van der Waals surface area contributed by atoms with E-state index in [9.17, 15) is 4.39 Å². The molecular formula is C23H23FN2O5. The van der Waals surface area contributed by atoms with Gasteiger partial charge in [-0.25, -0.2) is 14.3 Å². The van der Waals surface area contributed by atoms with E-state index < -0.39 is 5.82 Å². The summed E-state index contributed by atoms with van der Waals surface area (Å²) in [5.41, 5.74) is 1.69. The Kier molecular flexibility index (Phi) is 6.49. The van der Waals surface area contributed by atoms with Gasteiger partial charge in [0.05, 0.1) is 19.9 Å². The van der Waals surface area contributed by atoms with Crippen molar-refractivity contribution in [2.24, 2.45) is 0 Å². The molecule has 2 heterocycles. The fourth-order valence-electron chi connectivity index (χ4n) is 3.60. The molecule has 0 amide bonds. The van der Waals surface area contributed by atoms with E-state index >= 15 is 0 Å². The minimum absolute atomic E-state index is 0.0139. The molecule has 2 aromatic carbocycles. The molecule has 31 heavy (non-hydrogen) atoms. The van der Waals surface area contributed by atoms with Crippen LogP contribution in [0.15, 0.2) is 60.8 Å². The van der Waals surface area contributed by atoms with Crippen molar-refractivity contribution in [1.29, 1.82) is 0 Å². The average molecular weight is 426 g/mol. The number of hydrogen-bond acceptors (Lipinski definition) is 7. The van der Waals surface area contributed by atoms with Crippen LogP contribution in [0, 0.1) is 5.82 Å². The Hall–Kier alpha value is -3.36. The summed E-state index contributed by atoms with van der Waals surface area (Å²) in [6.07, 6.45) is 1.85. The lowest BCUT2D eigenvalue weighted by Crippen LogP contribution is -2.25. The average Bonchev–Trinajstić information content (AvgIpc) is 3.24. The third-order valence-corrected chi connectivity index (χ3v) is 5.04. The molecule has 1 aliphatic rings. The van der Waals surface area contributed by atoms with Gasteiger partial charge in [-0.05, 0) is 36.4 Å². The number of rotatable bonds is 8. The van der Waals surface area contributed by atoms with Crippen LogP contribution in [-0.2, 0) is 11.5 Å². The Morgan fingerprint density at radius 3 is 2.71 bits per heavy atom. The molecular weight excluding hydrogens is 403 g/mol. The molecule has 0 bridgehead atoms. The molecule has 0 spiro atoms. The van der Waals surface area contributed by atoms with E-state index in [0.29, 0.717) is 29.7 Å². The molecule has 1 saturated heterocycles. The summed E-state index contributed by atoms with van der Waals surface area (Å²) < 4.78 is 30.2. The molecule has 1 fully saturated rings. The summed E-state index contributed by atoms with van der Waals surface area (Å²) in [7, 11) is 1.59. The van der Waals surface area contributed by atoms with Gasteiger partial charge >= 0.3 is 0 Å². The second-order valence-electron chi connectivity index (χ2n) is 7.11. The van der Waals surface area contributed by atoms with E-state index in [1.165, 1.54) is 12.1 Å². The number of nitrogens with zero attached hydrogens (tertiary/aromatic N) is 2. The molecule has 0 unspecified atom stereocenters. The van der Waals surface area contributed by atoms with Gasteiger partial charge in [0.1, 0.15) is 24.3 Å². The minimum atomic E-state index is -0.399. The predicted molar refractivity (Wildman–Crippen MR) is 112 cm³/mol. The fourth-order valence-corrected chi connectivity index (χ4v) is 3.60. The van der Waals surface area contributed by atoms with E-state index in [1.54, 1.807) is 7.11 Å². The minimum Gasteiger partial charge on any atom is -0.493 e. The van der Waals surface area contributed by atoms with E-state index in [1.807, 2.05) is 42.5 Å². The number of anilines is 1. The summed E-state index contributed by atoms with van der Waals surface area (Å²) in [5, 5.41) is 9.08. The van der Waals surface area contributed by atoms with Crippen LogP contribution in [0.1, 0.15) is 12.0 Å². The Morgan fingerprint density at radius 1 is 1.13 bits per heavy atom. The van der Waals surface area contributed by atoms with E-state index in [4.69, 9.17) is 19.5 Å². The number of halogens is 1. The zero-order chi connectivity index (χ0) is 21.6. The van der Waals surface area contributed by atoms with Crippen LogP contribution in [0.25, 0.3) is 0 Å². The van der Waals surface area contributed by atoms with Crippen molar-refractivity contribution in [3.63, 3.8) is 0 Å². The van der Waals surface area contributed by atoms with Crippen LogP contribution in [0.4, 0.5) is 10.1 Å². The van der Waals surface area contributed by atoms with E-state index in [-0.39, 0.29) is 12.7 Å². The highest BCUT2D eigenvalue weighted by molar-refractivity contribution is 5.58. The molecule has 1 atom stereocenters. The van der Waals surface area contributed by atoms with Crippen molar-refractivity contribution >= 4 is 5.69 Å². The molecule has 1 aliphatic heterocycles. The number of benzene rings is 2. The lowest BCUT2D eigenvalue weighted by atomic mass is 10.1. The Labute approximate surface area is 179 Å². The predicted octanol–water partition coefficient (Wildman–Crippen LogP) is 4.67. The lowest BCUT2D eigenvalue weighted by Gasteiger charge is -2.22. The Bertz CT molecular complexity index is 1020. The molecule has 0 aliphatic carbocycles. The highest BCUT2D eigenvalue weighted by Gasteiger charge is 2.26. The van der Waals surface area contributed by atoms with Gasteiger partial charge in [0.25, 0.3) is 0 Å².